The fourth-order valence-electron chi connectivity index (χ4n) is 2.57. The zero-order valence-electron chi connectivity index (χ0n) is 15.4. The van der Waals surface area contributed by atoms with E-state index in [1.165, 1.54) is 16.7 Å². The Labute approximate surface area is 150 Å². The van der Waals surface area contributed by atoms with Gasteiger partial charge in [-0.15, -0.1) is 0 Å². The van der Waals surface area contributed by atoms with E-state index in [0.29, 0.717) is 0 Å². The Bertz CT molecular complexity index is 714. The molecule has 0 aromatic heterocycles. The molecule has 0 saturated heterocycles. The fourth-order valence-corrected chi connectivity index (χ4v) is 2.57. The van der Waals surface area contributed by atoms with Crippen molar-refractivity contribution in [2.24, 2.45) is 4.99 Å². The molecule has 0 aliphatic carbocycles. The molecule has 0 amide bonds. The van der Waals surface area contributed by atoms with Crippen molar-refractivity contribution in [2.75, 3.05) is 27.8 Å². The van der Waals surface area contributed by atoms with Gasteiger partial charge in [-0.05, 0) is 42.2 Å². The van der Waals surface area contributed by atoms with Gasteiger partial charge in [-0.2, -0.15) is 0 Å². The van der Waals surface area contributed by atoms with E-state index in [0.717, 1.165) is 37.0 Å². The minimum absolute atomic E-state index is 0.745. The topological polar surface area (TPSA) is 54.9 Å². The lowest BCUT2D eigenvalue weighted by Gasteiger charge is -2.14. The number of hydrogen-bond donors (Lipinski definition) is 2. The van der Waals surface area contributed by atoms with E-state index in [1.807, 2.05) is 18.2 Å². The lowest BCUT2D eigenvalue weighted by Crippen LogP contribution is -2.38. The van der Waals surface area contributed by atoms with Gasteiger partial charge in [-0.3, -0.25) is 4.99 Å². The maximum atomic E-state index is 5.34. The molecule has 0 fully saturated rings. The summed E-state index contributed by atoms with van der Waals surface area (Å²) in [5, 5.41) is 6.69. The van der Waals surface area contributed by atoms with Crippen LogP contribution in [0.1, 0.15) is 16.7 Å². The number of rotatable bonds is 7. The highest BCUT2D eigenvalue weighted by atomic mass is 16.5. The van der Waals surface area contributed by atoms with E-state index in [1.54, 1.807) is 21.3 Å². The largest absolute Gasteiger partial charge is 0.493 e. The van der Waals surface area contributed by atoms with Crippen LogP contribution in [-0.4, -0.2) is 33.8 Å². The normalized spacial score (nSPS) is 11.1. The first-order valence-corrected chi connectivity index (χ1v) is 8.38. The molecule has 0 aliphatic heterocycles. The number of hydrogen-bond acceptors (Lipinski definition) is 3. The van der Waals surface area contributed by atoms with Gasteiger partial charge < -0.3 is 20.1 Å². The van der Waals surface area contributed by atoms with Crippen LogP contribution >= 0.6 is 0 Å². The molecule has 0 spiro atoms. The van der Waals surface area contributed by atoms with Crippen molar-refractivity contribution >= 4 is 5.96 Å². The van der Waals surface area contributed by atoms with Gasteiger partial charge in [0.25, 0.3) is 0 Å². The Morgan fingerprint density at radius 1 is 1.00 bits per heavy atom. The number of aryl methyl sites for hydroxylation is 1. The lowest BCUT2D eigenvalue weighted by molar-refractivity contribution is 0.354. The molecule has 2 N–H and O–H groups in total. The summed E-state index contributed by atoms with van der Waals surface area (Å²) in [6.07, 6.45) is 0.866. The second-order valence-electron chi connectivity index (χ2n) is 5.72. The molecule has 0 heterocycles. The Kier molecular flexibility index (Phi) is 7.14. The smallest absolute Gasteiger partial charge is 0.191 e. The molecule has 2 aromatic rings. The standard InChI is InChI=1S/C20H27N3O2/c1-15-7-5-6-8-17(15)14-23-20(21-2)22-12-11-16-9-10-18(24-3)19(13-16)25-4/h5-10,13H,11-12,14H2,1-4H3,(H2,21,22,23). The van der Waals surface area contributed by atoms with Crippen LogP contribution < -0.4 is 20.1 Å². The highest BCUT2D eigenvalue weighted by Crippen LogP contribution is 2.27. The maximum Gasteiger partial charge on any atom is 0.191 e. The van der Waals surface area contributed by atoms with Gasteiger partial charge in [0, 0.05) is 20.1 Å². The maximum absolute atomic E-state index is 5.34. The summed E-state index contributed by atoms with van der Waals surface area (Å²) in [6, 6.07) is 14.3. The molecule has 0 saturated carbocycles. The molecule has 0 radical (unpaired) electrons. The Balaban J connectivity index is 1.84. The minimum Gasteiger partial charge on any atom is -0.493 e. The van der Waals surface area contributed by atoms with Gasteiger partial charge in [0.1, 0.15) is 0 Å². The van der Waals surface area contributed by atoms with Crippen LogP contribution in [0.5, 0.6) is 11.5 Å². The van der Waals surface area contributed by atoms with Crippen LogP contribution in [0.3, 0.4) is 0 Å². The van der Waals surface area contributed by atoms with Crippen LogP contribution in [0.15, 0.2) is 47.5 Å². The van der Waals surface area contributed by atoms with Gasteiger partial charge in [0.05, 0.1) is 14.2 Å². The summed E-state index contributed by atoms with van der Waals surface area (Å²) in [5.74, 6) is 2.29. The third kappa shape index (κ3) is 5.41. The van der Waals surface area contributed by atoms with Crippen LogP contribution in [0.2, 0.25) is 0 Å². The summed E-state index contributed by atoms with van der Waals surface area (Å²) >= 11 is 0. The molecule has 0 atom stereocenters. The van der Waals surface area contributed by atoms with Gasteiger partial charge >= 0.3 is 0 Å². The van der Waals surface area contributed by atoms with Crippen molar-refractivity contribution in [1.82, 2.24) is 10.6 Å². The summed E-state index contributed by atoms with van der Waals surface area (Å²) in [4.78, 5) is 4.27. The molecule has 0 unspecified atom stereocenters. The number of methoxy groups -OCH3 is 2. The van der Waals surface area contributed by atoms with Crippen molar-refractivity contribution in [3.05, 3.63) is 59.2 Å². The summed E-state index contributed by atoms with van der Waals surface area (Å²) in [6.45, 7) is 3.65. The molecule has 2 rings (SSSR count). The van der Waals surface area contributed by atoms with Gasteiger partial charge in [0.15, 0.2) is 17.5 Å². The van der Waals surface area contributed by atoms with Gasteiger partial charge in [-0.25, -0.2) is 0 Å². The van der Waals surface area contributed by atoms with E-state index < -0.39 is 0 Å². The third-order valence-electron chi connectivity index (χ3n) is 4.09. The Hall–Kier alpha value is -2.69. The van der Waals surface area contributed by atoms with E-state index >= 15 is 0 Å². The summed E-state index contributed by atoms with van der Waals surface area (Å²) in [7, 11) is 5.07. The fraction of sp³-hybridized carbons (Fsp3) is 0.350. The molecule has 0 bridgehead atoms. The first-order chi connectivity index (χ1) is 12.2. The number of ether oxygens (including phenoxy) is 2. The summed E-state index contributed by atoms with van der Waals surface area (Å²) in [5.41, 5.74) is 3.72. The highest BCUT2D eigenvalue weighted by Gasteiger charge is 2.05. The van der Waals surface area contributed by atoms with Crippen LogP contribution in [0.4, 0.5) is 0 Å². The molecule has 5 nitrogen and oxygen atoms in total. The quantitative estimate of drug-likeness (QED) is 0.601. The molecule has 5 heteroatoms. The lowest BCUT2D eigenvalue weighted by atomic mass is 10.1. The predicted molar refractivity (Wildman–Crippen MR) is 103 cm³/mol. The number of guanidine groups is 1. The van der Waals surface area contributed by atoms with Crippen molar-refractivity contribution in [2.45, 2.75) is 19.9 Å². The first-order valence-electron chi connectivity index (χ1n) is 8.38. The van der Waals surface area contributed by atoms with Crippen molar-refractivity contribution in [3.63, 3.8) is 0 Å². The number of nitrogens with one attached hydrogen (secondary N) is 2. The molecule has 134 valence electrons. The second kappa shape index (κ2) is 9.57. The van der Waals surface area contributed by atoms with Crippen LogP contribution in [0.25, 0.3) is 0 Å². The second-order valence-corrected chi connectivity index (χ2v) is 5.72. The zero-order chi connectivity index (χ0) is 18.1. The first kappa shape index (κ1) is 18.6. The van der Waals surface area contributed by atoms with E-state index in [2.05, 4.69) is 46.8 Å². The predicted octanol–water partition coefficient (Wildman–Crippen LogP) is 2.92. The number of nitrogens with zero attached hydrogens (tertiary/aromatic N) is 1. The van der Waals surface area contributed by atoms with Gasteiger partial charge in [0.2, 0.25) is 0 Å². The molecule has 25 heavy (non-hydrogen) atoms. The molecular weight excluding hydrogens is 314 g/mol. The SMILES string of the molecule is CN=C(NCCc1ccc(OC)c(OC)c1)NCc1ccccc1C. The average molecular weight is 341 g/mol. The molecule has 0 aliphatic rings. The average Bonchev–Trinajstić information content (AvgIpc) is 2.65. The van der Waals surface area contributed by atoms with E-state index in [-0.39, 0.29) is 0 Å². The Morgan fingerprint density at radius 2 is 1.76 bits per heavy atom. The monoisotopic (exact) mass is 341 g/mol. The van der Waals surface area contributed by atoms with Crippen molar-refractivity contribution in [3.8, 4) is 11.5 Å². The minimum atomic E-state index is 0.745. The van der Waals surface area contributed by atoms with E-state index in [9.17, 15) is 0 Å². The zero-order valence-corrected chi connectivity index (χ0v) is 15.4. The van der Waals surface area contributed by atoms with Crippen LogP contribution in [0, 0.1) is 6.92 Å². The van der Waals surface area contributed by atoms with Crippen molar-refractivity contribution in [1.29, 1.82) is 0 Å². The Morgan fingerprint density at radius 3 is 2.44 bits per heavy atom. The highest BCUT2D eigenvalue weighted by molar-refractivity contribution is 5.79. The summed E-state index contributed by atoms with van der Waals surface area (Å²) < 4.78 is 10.6. The molecular formula is C20H27N3O2. The van der Waals surface area contributed by atoms with E-state index in [4.69, 9.17) is 9.47 Å². The van der Waals surface area contributed by atoms with Gasteiger partial charge in [-0.1, -0.05) is 30.3 Å². The number of aliphatic imine (C=N–C) groups is 1. The van der Waals surface area contributed by atoms with Crippen LogP contribution in [-0.2, 0) is 13.0 Å². The third-order valence-corrected chi connectivity index (χ3v) is 4.09. The molecule has 2 aromatic carbocycles. The van der Waals surface area contributed by atoms with Crippen molar-refractivity contribution < 1.29 is 9.47 Å². The number of benzene rings is 2.